The molecule has 0 unspecified atom stereocenters. The molecule has 1 aliphatic heterocycles. The lowest BCUT2D eigenvalue weighted by atomic mass is 10.1. The number of thioether (sulfide) groups is 1. The van der Waals surface area contributed by atoms with E-state index in [1.54, 1.807) is 11.8 Å². The molecule has 18 heavy (non-hydrogen) atoms. The molecular formula is C12H14F2N2OS. The van der Waals surface area contributed by atoms with Gasteiger partial charge in [0, 0.05) is 18.8 Å². The van der Waals surface area contributed by atoms with Gasteiger partial charge in [-0.25, -0.2) is 8.78 Å². The highest BCUT2D eigenvalue weighted by Gasteiger charge is 2.25. The number of halogens is 2. The Hall–Kier alpha value is -1.30. The number of nitrogen functional groups attached to an aromatic ring is 1. The zero-order valence-corrected chi connectivity index (χ0v) is 10.6. The van der Waals surface area contributed by atoms with Gasteiger partial charge in [0.05, 0.1) is 5.69 Å². The predicted molar refractivity (Wildman–Crippen MR) is 68.6 cm³/mol. The molecule has 0 aliphatic carbocycles. The van der Waals surface area contributed by atoms with E-state index >= 15 is 0 Å². The van der Waals surface area contributed by atoms with Crippen LogP contribution >= 0.6 is 11.8 Å². The van der Waals surface area contributed by atoms with Crippen LogP contribution in [0.2, 0.25) is 0 Å². The third-order valence-corrected chi connectivity index (χ3v) is 3.89. The summed E-state index contributed by atoms with van der Waals surface area (Å²) < 4.78 is 27.3. The molecule has 2 N–H and O–H groups in total. The summed E-state index contributed by atoms with van der Waals surface area (Å²) in [6, 6.07) is 2.15. The number of hydrogen-bond acceptors (Lipinski definition) is 3. The van der Waals surface area contributed by atoms with Gasteiger partial charge in [-0.3, -0.25) is 4.79 Å². The lowest BCUT2D eigenvalue weighted by Crippen LogP contribution is -2.34. The van der Waals surface area contributed by atoms with E-state index in [0.717, 1.165) is 30.1 Å². The summed E-state index contributed by atoms with van der Waals surface area (Å²) in [7, 11) is 0. The van der Waals surface area contributed by atoms with Crippen molar-refractivity contribution in [2.75, 3.05) is 30.3 Å². The average molecular weight is 272 g/mol. The number of rotatable bonds is 1. The Bertz CT molecular complexity index is 460. The third kappa shape index (κ3) is 2.58. The predicted octanol–water partition coefficient (Wildman–Crippen LogP) is 2.13. The van der Waals surface area contributed by atoms with Crippen molar-refractivity contribution in [1.29, 1.82) is 0 Å². The fraction of sp³-hybridized carbons (Fsp3) is 0.417. The first kappa shape index (κ1) is 13.1. The van der Waals surface area contributed by atoms with Gasteiger partial charge in [0.1, 0.15) is 11.4 Å². The van der Waals surface area contributed by atoms with E-state index in [1.807, 2.05) is 0 Å². The van der Waals surface area contributed by atoms with Crippen molar-refractivity contribution >= 4 is 23.4 Å². The minimum atomic E-state index is -0.961. The molecule has 2 rings (SSSR count). The molecule has 0 aromatic heterocycles. The van der Waals surface area contributed by atoms with Crippen LogP contribution in [0.25, 0.3) is 0 Å². The molecule has 0 radical (unpaired) electrons. The fourth-order valence-electron chi connectivity index (χ4n) is 1.87. The van der Waals surface area contributed by atoms with Crippen molar-refractivity contribution in [3.63, 3.8) is 0 Å². The van der Waals surface area contributed by atoms with E-state index in [-0.39, 0.29) is 5.69 Å². The van der Waals surface area contributed by atoms with E-state index < -0.39 is 23.1 Å². The molecule has 1 aromatic rings. The Labute approximate surface area is 108 Å². The lowest BCUT2D eigenvalue weighted by molar-refractivity contribution is 0.0759. The Morgan fingerprint density at radius 2 is 2.06 bits per heavy atom. The fourth-order valence-corrected chi connectivity index (χ4v) is 2.76. The smallest absolute Gasteiger partial charge is 0.259 e. The van der Waals surface area contributed by atoms with Crippen molar-refractivity contribution in [3.05, 3.63) is 29.3 Å². The lowest BCUT2D eigenvalue weighted by Gasteiger charge is -2.20. The second-order valence-electron chi connectivity index (χ2n) is 4.08. The second kappa shape index (κ2) is 5.56. The number of hydrogen-bond donors (Lipinski definition) is 1. The maximum atomic E-state index is 13.8. The van der Waals surface area contributed by atoms with Crippen molar-refractivity contribution < 1.29 is 13.6 Å². The van der Waals surface area contributed by atoms with Gasteiger partial charge >= 0.3 is 0 Å². The van der Waals surface area contributed by atoms with Crippen LogP contribution in [0.15, 0.2) is 12.1 Å². The van der Waals surface area contributed by atoms with Crippen LogP contribution in [0.4, 0.5) is 14.5 Å². The third-order valence-electron chi connectivity index (χ3n) is 2.84. The number of nitrogens with two attached hydrogens (primary N) is 1. The normalized spacial score (nSPS) is 16.4. The monoisotopic (exact) mass is 272 g/mol. The van der Waals surface area contributed by atoms with Gasteiger partial charge in [-0.2, -0.15) is 11.8 Å². The van der Waals surface area contributed by atoms with Crippen LogP contribution in [0.5, 0.6) is 0 Å². The minimum absolute atomic E-state index is 0.205. The molecule has 6 heteroatoms. The number of amides is 1. The van der Waals surface area contributed by atoms with Crippen LogP contribution < -0.4 is 5.73 Å². The summed E-state index contributed by atoms with van der Waals surface area (Å²) in [6.45, 7) is 1.04. The molecule has 0 spiro atoms. The van der Waals surface area contributed by atoms with Crippen LogP contribution in [-0.4, -0.2) is 35.4 Å². The van der Waals surface area contributed by atoms with Crippen molar-refractivity contribution in [1.82, 2.24) is 4.90 Å². The van der Waals surface area contributed by atoms with E-state index in [2.05, 4.69) is 0 Å². The van der Waals surface area contributed by atoms with E-state index in [4.69, 9.17) is 5.73 Å². The molecule has 1 heterocycles. The van der Waals surface area contributed by atoms with Gasteiger partial charge in [-0.1, -0.05) is 0 Å². The van der Waals surface area contributed by atoms with E-state index in [0.29, 0.717) is 13.1 Å². The van der Waals surface area contributed by atoms with Crippen LogP contribution in [-0.2, 0) is 0 Å². The van der Waals surface area contributed by atoms with Crippen molar-refractivity contribution in [3.8, 4) is 0 Å². The summed E-state index contributed by atoms with van der Waals surface area (Å²) in [6.07, 6.45) is 0.835. The molecule has 1 aromatic carbocycles. The summed E-state index contributed by atoms with van der Waals surface area (Å²) in [5.41, 5.74) is 4.63. The highest BCUT2D eigenvalue weighted by molar-refractivity contribution is 7.99. The first-order valence-electron chi connectivity index (χ1n) is 5.71. The minimum Gasteiger partial charge on any atom is -0.396 e. The largest absolute Gasteiger partial charge is 0.396 e. The zero-order chi connectivity index (χ0) is 13.1. The quantitative estimate of drug-likeness (QED) is 0.797. The Balaban J connectivity index is 2.30. The van der Waals surface area contributed by atoms with Gasteiger partial charge in [-0.15, -0.1) is 0 Å². The maximum Gasteiger partial charge on any atom is 0.259 e. The average Bonchev–Trinajstić information content (AvgIpc) is 2.63. The Kier molecular flexibility index (Phi) is 4.06. The first-order valence-corrected chi connectivity index (χ1v) is 6.87. The van der Waals surface area contributed by atoms with E-state index in [9.17, 15) is 13.6 Å². The maximum absolute atomic E-state index is 13.8. The second-order valence-corrected chi connectivity index (χ2v) is 5.31. The summed E-state index contributed by atoms with van der Waals surface area (Å²) in [5, 5.41) is 0. The molecule has 3 nitrogen and oxygen atoms in total. The zero-order valence-electron chi connectivity index (χ0n) is 9.79. The van der Waals surface area contributed by atoms with E-state index in [1.165, 1.54) is 4.90 Å². The summed E-state index contributed by atoms with van der Waals surface area (Å²) in [4.78, 5) is 13.6. The molecule has 0 bridgehead atoms. The molecule has 1 aliphatic rings. The van der Waals surface area contributed by atoms with Gasteiger partial charge in [-0.05, 0) is 24.3 Å². The topological polar surface area (TPSA) is 46.3 Å². The molecule has 0 atom stereocenters. The van der Waals surface area contributed by atoms with Crippen LogP contribution in [0.3, 0.4) is 0 Å². The molecule has 98 valence electrons. The van der Waals surface area contributed by atoms with Crippen LogP contribution in [0, 0.1) is 11.6 Å². The van der Waals surface area contributed by atoms with Crippen LogP contribution in [0.1, 0.15) is 16.8 Å². The number of anilines is 1. The number of benzene rings is 1. The van der Waals surface area contributed by atoms with Gasteiger partial charge in [0.25, 0.3) is 5.91 Å². The number of nitrogens with zero attached hydrogens (tertiary/aromatic N) is 1. The molecule has 0 saturated carbocycles. The summed E-state index contributed by atoms with van der Waals surface area (Å²) in [5.74, 6) is -0.677. The number of carbonyl (C=O) groups excluding carboxylic acids is 1. The molecule has 1 amide bonds. The van der Waals surface area contributed by atoms with Gasteiger partial charge < -0.3 is 10.6 Å². The molecule has 1 saturated heterocycles. The van der Waals surface area contributed by atoms with Crippen molar-refractivity contribution in [2.45, 2.75) is 6.42 Å². The van der Waals surface area contributed by atoms with Gasteiger partial charge in [0.2, 0.25) is 0 Å². The van der Waals surface area contributed by atoms with Crippen molar-refractivity contribution in [2.24, 2.45) is 0 Å². The number of carbonyl (C=O) groups is 1. The van der Waals surface area contributed by atoms with Gasteiger partial charge in [0.15, 0.2) is 5.82 Å². The Morgan fingerprint density at radius 3 is 2.83 bits per heavy atom. The molecule has 1 fully saturated rings. The molecular weight excluding hydrogens is 258 g/mol. The highest BCUT2D eigenvalue weighted by atomic mass is 32.2. The SMILES string of the molecule is Nc1ccc(F)c(C(=O)N2CCCSCC2)c1F. The Morgan fingerprint density at radius 1 is 1.28 bits per heavy atom. The summed E-state index contributed by atoms with van der Waals surface area (Å²) >= 11 is 1.74. The first-order chi connectivity index (χ1) is 8.61. The standard InChI is InChI=1S/C12H14F2N2OS/c13-8-2-3-9(15)11(14)10(8)12(17)16-4-1-6-18-7-5-16/h2-3H,1,4-7,15H2. The highest BCUT2D eigenvalue weighted by Crippen LogP contribution is 2.21.